The zero-order valence-electron chi connectivity index (χ0n) is 10.2. The van der Waals surface area contributed by atoms with Gasteiger partial charge in [0.05, 0.1) is 12.2 Å². The number of hydrogen-bond acceptors (Lipinski definition) is 6. The third-order valence-corrected chi connectivity index (χ3v) is 3.64. The molecule has 0 saturated carbocycles. The molecule has 0 aromatic heterocycles. The van der Waals surface area contributed by atoms with Gasteiger partial charge in [-0.25, -0.2) is 4.79 Å². The largest absolute Gasteiger partial charge is 0.480 e. The Morgan fingerprint density at radius 2 is 2.11 bits per heavy atom. The Bertz CT molecular complexity index is 387. The van der Waals surface area contributed by atoms with E-state index in [0.717, 1.165) is 0 Å². The van der Waals surface area contributed by atoms with Gasteiger partial charge >= 0.3 is 11.9 Å². The van der Waals surface area contributed by atoms with Crippen LogP contribution in [0.3, 0.4) is 0 Å². The molecule has 2 aliphatic heterocycles. The van der Waals surface area contributed by atoms with E-state index in [1.54, 1.807) is 0 Å². The first kappa shape index (κ1) is 14.2. The number of carboxylic acid groups (broad SMARTS) is 2. The molecular formula is C11H17NO7. The van der Waals surface area contributed by atoms with E-state index < -0.39 is 41.9 Å². The lowest BCUT2D eigenvalue weighted by Gasteiger charge is -2.30. The summed E-state index contributed by atoms with van der Waals surface area (Å²) in [5, 5.41) is 27.9. The van der Waals surface area contributed by atoms with Gasteiger partial charge in [0, 0.05) is 19.4 Å². The zero-order valence-corrected chi connectivity index (χ0v) is 10.2. The lowest BCUT2D eigenvalue weighted by molar-refractivity contribution is -0.178. The van der Waals surface area contributed by atoms with Crippen molar-refractivity contribution in [2.24, 2.45) is 5.73 Å². The fraction of sp³-hybridized carbons (Fsp3) is 0.818. The number of fused-ring (bicyclic) bond motifs is 1. The minimum atomic E-state index is -1.71. The number of ether oxygens (including phenoxy) is 2. The molecule has 2 heterocycles. The first-order valence-corrected chi connectivity index (χ1v) is 6.05. The summed E-state index contributed by atoms with van der Waals surface area (Å²) in [4.78, 5) is 22.2. The molecular weight excluding hydrogens is 258 g/mol. The minimum Gasteiger partial charge on any atom is -0.480 e. The van der Waals surface area contributed by atoms with E-state index in [1.807, 2.05) is 0 Å². The van der Waals surface area contributed by atoms with Crippen LogP contribution in [0.2, 0.25) is 0 Å². The zero-order chi connectivity index (χ0) is 14.2. The van der Waals surface area contributed by atoms with Crippen molar-refractivity contribution in [2.45, 2.75) is 49.2 Å². The van der Waals surface area contributed by atoms with Gasteiger partial charge < -0.3 is 30.5 Å². The molecule has 5 N–H and O–H groups in total. The van der Waals surface area contributed by atoms with Crippen LogP contribution in [0.1, 0.15) is 19.3 Å². The van der Waals surface area contributed by atoms with Crippen molar-refractivity contribution in [1.82, 2.24) is 0 Å². The standard InChI is InChI=1S/C11H17NO7/c12-5(9(14)15)3-11(10(16)17)4-7-8(19-11)6(13)1-2-18-7/h5-8,13H,1-4,12H2,(H,14,15)(H,16,17)/t5-,6+,7+,8+,11+/m0/s1. The average Bonchev–Trinajstić information content (AvgIpc) is 2.70. The van der Waals surface area contributed by atoms with Crippen molar-refractivity contribution >= 4 is 11.9 Å². The lowest BCUT2D eigenvalue weighted by Crippen LogP contribution is -2.47. The summed E-state index contributed by atoms with van der Waals surface area (Å²) in [5.74, 6) is -2.57. The molecule has 0 aliphatic carbocycles. The second-order valence-corrected chi connectivity index (χ2v) is 5.00. The van der Waals surface area contributed by atoms with Crippen molar-refractivity contribution in [1.29, 1.82) is 0 Å². The van der Waals surface area contributed by atoms with Crippen LogP contribution in [0.15, 0.2) is 0 Å². The Morgan fingerprint density at radius 3 is 2.63 bits per heavy atom. The Balaban J connectivity index is 2.18. The molecule has 0 aromatic carbocycles. The molecule has 0 amide bonds. The van der Waals surface area contributed by atoms with Gasteiger partial charge in [-0.05, 0) is 6.42 Å². The van der Waals surface area contributed by atoms with Crippen molar-refractivity contribution < 1.29 is 34.4 Å². The number of aliphatic hydroxyl groups is 1. The van der Waals surface area contributed by atoms with Gasteiger partial charge in [-0.3, -0.25) is 4.79 Å². The number of rotatable bonds is 4. The van der Waals surface area contributed by atoms with Gasteiger partial charge in [0.25, 0.3) is 0 Å². The molecule has 19 heavy (non-hydrogen) atoms. The van der Waals surface area contributed by atoms with Crippen LogP contribution < -0.4 is 5.73 Å². The summed E-state index contributed by atoms with van der Waals surface area (Å²) in [5.41, 5.74) is 3.69. The number of aliphatic carboxylic acids is 2. The van der Waals surface area contributed by atoms with Crippen molar-refractivity contribution in [3.8, 4) is 0 Å². The van der Waals surface area contributed by atoms with Gasteiger partial charge in [-0.1, -0.05) is 0 Å². The van der Waals surface area contributed by atoms with Crippen LogP contribution in [0.25, 0.3) is 0 Å². The minimum absolute atomic E-state index is 0.00889. The number of nitrogens with two attached hydrogens (primary N) is 1. The monoisotopic (exact) mass is 275 g/mol. The Kier molecular flexibility index (Phi) is 3.77. The van der Waals surface area contributed by atoms with Gasteiger partial charge in [0.1, 0.15) is 12.1 Å². The first-order chi connectivity index (χ1) is 8.85. The molecule has 2 fully saturated rings. The Morgan fingerprint density at radius 1 is 1.42 bits per heavy atom. The predicted octanol–water partition coefficient (Wildman–Crippen LogP) is -1.45. The van der Waals surface area contributed by atoms with Crippen molar-refractivity contribution in [2.75, 3.05) is 6.61 Å². The van der Waals surface area contributed by atoms with Gasteiger partial charge in [0.2, 0.25) is 0 Å². The van der Waals surface area contributed by atoms with E-state index in [0.29, 0.717) is 13.0 Å². The molecule has 108 valence electrons. The van der Waals surface area contributed by atoms with Crippen LogP contribution in [0.5, 0.6) is 0 Å². The Hall–Kier alpha value is -1.22. The summed E-state index contributed by atoms with van der Waals surface area (Å²) in [6.07, 6.45) is -2.10. The lowest BCUT2D eigenvalue weighted by atomic mass is 9.90. The van der Waals surface area contributed by atoms with E-state index in [2.05, 4.69) is 0 Å². The molecule has 8 heteroatoms. The summed E-state index contributed by atoms with van der Waals surface area (Å²) in [6.45, 7) is 0.326. The molecule has 0 radical (unpaired) electrons. The highest BCUT2D eigenvalue weighted by molar-refractivity contribution is 5.80. The van der Waals surface area contributed by atoms with Crippen molar-refractivity contribution in [3.63, 3.8) is 0 Å². The molecule has 0 bridgehead atoms. The van der Waals surface area contributed by atoms with E-state index in [9.17, 15) is 19.8 Å². The molecule has 2 saturated heterocycles. The maximum Gasteiger partial charge on any atom is 0.336 e. The van der Waals surface area contributed by atoms with Crippen LogP contribution in [-0.4, -0.2) is 63.8 Å². The average molecular weight is 275 g/mol. The number of carbonyl (C=O) groups is 2. The van der Waals surface area contributed by atoms with Crippen LogP contribution in [0, 0.1) is 0 Å². The van der Waals surface area contributed by atoms with Crippen LogP contribution in [-0.2, 0) is 19.1 Å². The molecule has 8 nitrogen and oxygen atoms in total. The summed E-state index contributed by atoms with van der Waals surface area (Å²) >= 11 is 0. The molecule has 5 atom stereocenters. The highest BCUT2D eigenvalue weighted by atomic mass is 16.6. The van der Waals surface area contributed by atoms with Crippen LogP contribution in [0.4, 0.5) is 0 Å². The third kappa shape index (κ3) is 2.57. The van der Waals surface area contributed by atoms with Crippen molar-refractivity contribution in [3.05, 3.63) is 0 Å². The third-order valence-electron chi connectivity index (χ3n) is 3.64. The van der Waals surface area contributed by atoms with E-state index >= 15 is 0 Å². The topological polar surface area (TPSA) is 139 Å². The van der Waals surface area contributed by atoms with E-state index in [-0.39, 0.29) is 12.8 Å². The second kappa shape index (κ2) is 5.04. The first-order valence-electron chi connectivity index (χ1n) is 6.05. The number of carboxylic acids is 2. The van der Waals surface area contributed by atoms with E-state index in [4.69, 9.17) is 20.3 Å². The molecule has 2 aliphatic rings. The second-order valence-electron chi connectivity index (χ2n) is 5.00. The summed E-state index contributed by atoms with van der Waals surface area (Å²) < 4.78 is 10.8. The fourth-order valence-corrected chi connectivity index (χ4v) is 2.61. The highest BCUT2D eigenvalue weighted by Crippen LogP contribution is 2.40. The molecule has 0 aromatic rings. The highest BCUT2D eigenvalue weighted by Gasteiger charge is 2.56. The molecule has 0 unspecified atom stereocenters. The maximum atomic E-state index is 11.4. The molecule has 0 spiro atoms. The number of aliphatic hydroxyl groups excluding tert-OH is 1. The fourth-order valence-electron chi connectivity index (χ4n) is 2.61. The van der Waals surface area contributed by atoms with Gasteiger partial charge in [-0.15, -0.1) is 0 Å². The summed E-state index contributed by atoms with van der Waals surface area (Å²) in [7, 11) is 0. The molecule has 2 rings (SSSR count). The number of hydrogen-bond donors (Lipinski definition) is 4. The summed E-state index contributed by atoms with van der Waals surface area (Å²) in [6, 6.07) is -1.34. The predicted molar refractivity (Wildman–Crippen MR) is 60.4 cm³/mol. The van der Waals surface area contributed by atoms with Gasteiger partial charge in [0.15, 0.2) is 5.60 Å². The Labute approximate surface area is 109 Å². The SMILES string of the molecule is N[C@@H](C[C@]1(C(=O)O)C[C@H]2OCC[C@@H](O)[C@H]2O1)C(=O)O. The quantitative estimate of drug-likeness (QED) is 0.488. The smallest absolute Gasteiger partial charge is 0.336 e. The van der Waals surface area contributed by atoms with E-state index in [1.165, 1.54) is 0 Å². The maximum absolute atomic E-state index is 11.4. The van der Waals surface area contributed by atoms with Gasteiger partial charge in [-0.2, -0.15) is 0 Å². The normalized spacial score (nSPS) is 39.6. The van der Waals surface area contributed by atoms with Crippen LogP contribution >= 0.6 is 0 Å².